The van der Waals surface area contributed by atoms with Crippen molar-refractivity contribution in [1.82, 2.24) is 9.97 Å². The summed E-state index contributed by atoms with van der Waals surface area (Å²) in [4.78, 5) is 19.1. The predicted molar refractivity (Wildman–Crippen MR) is 67.9 cm³/mol. The van der Waals surface area contributed by atoms with Gasteiger partial charge < -0.3 is 15.2 Å². The van der Waals surface area contributed by atoms with E-state index in [9.17, 15) is 4.79 Å². The van der Waals surface area contributed by atoms with E-state index in [1.807, 2.05) is 13.8 Å². The van der Waals surface area contributed by atoms with Gasteiger partial charge in [0, 0.05) is 17.8 Å². The summed E-state index contributed by atoms with van der Waals surface area (Å²) in [7, 11) is 1.53. The molecule has 2 N–H and O–H groups in total. The molecule has 0 saturated heterocycles. The fraction of sp³-hybridized carbons (Fsp3) is 0.583. The molecule has 0 aliphatic rings. The van der Waals surface area contributed by atoms with Gasteiger partial charge in [0.25, 0.3) is 0 Å². The number of carboxylic acids is 1. The van der Waals surface area contributed by atoms with Crippen molar-refractivity contribution in [2.75, 3.05) is 12.4 Å². The number of carboxylic acid groups (broad SMARTS) is 1. The molecular formula is C12H19N3O3. The molecule has 0 fully saturated rings. The van der Waals surface area contributed by atoms with E-state index < -0.39 is 5.97 Å². The topological polar surface area (TPSA) is 84.3 Å². The van der Waals surface area contributed by atoms with Crippen LogP contribution in [-0.2, 0) is 4.79 Å². The molecule has 1 heterocycles. The number of ether oxygens (including phenoxy) is 1. The third-order valence-electron chi connectivity index (χ3n) is 2.43. The molecule has 1 aromatic rings. The monoisotopic (exact) mass is 253 g/mol. The minimum atomic E-state index is -0.833. The summed E-state index contributed by atoms with van der Waals surface area (Å²) in [5, 5.41) is 11.9. The molecule has 1 aromatic heterocycles. The van der Waals surface area contributed by atoms with Crippen LogP contribution in [0.4, 0.5) is 5.95 Å². The van der Waals surface area contributed by atoms with E-state index >= 15 is 0 Å². The van der Waals surface area contributed by atoms with Crippen LogP contribution < -0.4 is 10.1 Å². The molecule has 100 valence electrons. The number of aryl methyl sites for hydroxylation is 1. The molecule has 0 spiro atoms. The van der Waals surface area contributed by atoms with Crippen molar-refractivity contribution in [3.05, 3.63) is 11.8 Å². The van der Waals surface area contributed by atoms with Crippen molar-refractivity contribution in [3.63, 3.8) is 0 Å². The summed E-state index contributed by atoms with van der Waals surface area (Å²) in [6.45, 7) is 3.84. The maximum atomic E-state index is 10.8. The molecule has 0 aliphatic carbocycles. The Morgan fingerprint density at radius 3 is 2.83 bits per heavy atom. The molecule has 1 rings (SSSR count). The molecule has 6 heteroatoms. The maximum Gasteiger partial charge on any atom is 0.305 e. The number of hydrogen-bond donors (Lipinski definition) is 2. The lowest BCUT2D eigenvalue weighted by Crippen LogP contribution is -2.24. The Kier molecular flexibility index (Phi) is 5.35. The number of methoxy groups -OCH3 is 1. The minimum Gasteiger partial charge on any atom is -0.481 e. The Morgan fingerprint density at radius 2 is 2.28 bits per heavy atom. The third-order valence-corrected chi connectivity index (χ3v) is 2.43. The zero-order chi connectivity index (χ0) is 13.5. The lowest BCUT2D eigenvalue weighted by Gasteiger charge is -2.16. The summed E-state index contributed by atoms with van der Waals surface area (Å²) >= 11 is 0. The van der Waals surface area contributed by atoms with Crippen LogP contribution in [0.5, 0.6) is 5.88 Å². The first-order valence-electron chi connectivity index (χ1n) is 5.93. The van der Waals surface area contributed by atoms with Crippen molar-refractivity contribution >= 4 is 11.9 Å². The molecule has 0 aromatic carbocycles. The van der Waals surface area contributed by atoms with E-state index in [0.717, 1.165) is 18.5 Å². The number of aliphatic carboxylic acids is 1. The number of carbonyl (C=O) groups is 1. The highest BCUT2D eigenvalue weighted by atomic mass is 16.5. The van der Waals surface area contributed by atoms with Crippen LogP contribution in [0.1, 0.15) is 31.9 Å². The van der Waals surface area contributed by atoms with Gasteiger partial charge in [0.2, 0.25) is 11.8 Å². The lowest BCUT2D eigenvalue weighted by atomic mass is 10.1. The Morgan fingerprint density at radius 1 is 1.56 bits per heavy atom. The molecule has 18 heavy (non-hydrogen) atoms. The van der Waals surface area contributed by atoms with Gasteiger partial charge in [0.1, 0.15) is 0 Å². The second-order valence-electron chi connectivity index (χ2n) is 4.10. The van der Waals surface area contributed by atoms with Crippen LogP contribution in [0.15, 0.2) is 6.07 Å². The highest BCUT2D eigenvalue weighted by Crippen LogP contribution is 2.14. The molecular weight excluding hydrogens is 234 g/mol. The normalized spacial score (nSPS) is 11.9. The highest BCUT2D eigenvalue weighted by Gasteiger charge is 2.14. The zero-order valence-electron chi connectivity index (χ0n) is 10.9. The smallest absolute Gasteiger partial charge is 0.305 e. The number of hydrogen-bond acceptors (Lipinski definition) is 5. The average Bonchev–Trinajstić information content (AvgIpc) is 2.27. The van der Waals surface area contributed by atoms with Crippen LogP contribution in [-0.4, -0.2) is 34.2 Å². The fourth-order valence-electron chi connectivity index (χ4n) is 1.68. The van der Waals surface area contributed by atoms with Crippen molar-refractivity contribution in [3.8, 4) is 5.88 Å². The van der Waals surface area contributed by atoms with Crippen LogP contribution in [0.2, 0.25) is 0 Å². The number of rotatable bonds is 7. The second kappa shape index (κ2) is 6.78. The van der Waals surface area contributed by atoms with Gasteiger partial charge >= 0.3 is 5.97 Å². The Labute approximate surface area is 106 Å². The molecule has 1 atom stereocenters. The SMILES string of the molecule is CCCC(CC(=O)O)Nc1nc(C)cc(OC)n1. The first-order valence-corrected chi connectivity index (χ1v) is 5.93. The van der Waals surface area contributed by atoms with Crippen molar-refractivity contribution in [2.24, 2.45) is 0 Å². The second-order valence-corrected chi connectivity index (χ2v) is 4.10. The number of aromatic nitrogens is 2. The Bertz CT molecular complexity index is 410. The minimum absolute atomic E-state index is 0.0491. The van der Waals surface area contributed by atoms with Crippen LogP contribution >= 0.6 is 0 Å². The number of nitrogens with zero attached hydrogens (tertiary/aromatic N) is 2. The van der Waals surface area contributed by atoms with Crippen LogP contribution in [0.25, 0.3) is 0 Å². The van der Waals surface area contributed by atoms with Crippen molar-refractivity contribution in [1.29, 1.82) is 0 Å². The van der Waals surface area contributed by atoms with Gasteiger partial charge in [-0.25, -0.2) is 4.98 Å². The van der Waals surface area contributed by atoms with Crippen molar-refractivity contribution in [2.45, 2.75) is 39.2 Å². The third kappa shape index (κ3) is 4.57. The van der Waals surface area contributed by atoms with E-state index in [-0.39, 0.29) is 12.5 Å². The first-order chi connectivity index (χ1) is 8.55. The standard InChI is InChI=1S/C12H19N3O3/c1-4-5-9(7-11(16)17)14-12-13-8(2)6-10(15-12)18-3/h6,9H,4-5,7H2,1-3H3,(H,16,17)(H,13,14,15). The van der Waals surface area contributed by atoms with Crippen LogP contribution in [0, 0.1) is 6.92 Å². The lowest BCUT2D eigenvalue weighted by molar-refractivity contribution is -0.137. The van der Waals surface area contributed by atoms with E-state index in [1.54, 1.807) is 6.07 Å². The molecule has 1 unspecified atom stereocenters. The summed E-state index contributed by atoms with van der Waals surface area (Å²) in [5.74, 6) is 0.0442. The Balaban J connectivity index is 2.78. The van der Waals surface area contributed by atoms with Gasteiger partial charge in [-0.15, -0.1) is 0 Å². The molecule has 0 aliphatic heterocycles. The van der Waals surface area contributed by atoms with E-state index in [2.05, 4.69) is 15.3 Å². The maximum absolute atomic E-state index is 10.8. The van der Waals surface area contributed by atoms with E-state index in [0.29, 0.717) is 11.8 Å². The summed E-state index contributed by atoms with van der Waals surface area (Å²) in [6.07, 6.45) is 1.70. The average molecular weight is 253 g/mol. The fourth-order valence-corrected chi connectivity index (χ4v) is 1.68. The summed E-state index contributed by atoms with van der Waals surface area (Å²) in [5.41, 5.74) is 0.773. The summed E-state index contributed by atoms with van der Waals surface area (Å²) < 4.78 is 5.05. The van der Waals surface area contributed by atoms with Gasteiger partial charge in [-0.3, -0.25) is 4.79 Å². The highest BCUT2D eigenvalue weighted by molar-refractivity contribution is 5.68. The molecule has 0 amide bonds. The zero-order valence-corrected chi connectivity index (χ0v) is 10.9. The van der Waals surface area contributed by atoms with Crippen LogP contribution in [0.3, 0.4) is 0 Å². The molecule has 0 radical (unpaired) electrons. The van der Waals surface area contributed by atoms with Crippen molar-refractivity contribution < 1.29 is 14.6 Å². The number of anilines is 1. The molecule has 6 nitrogen and oxygen atoms in total. The van der Waals surface area contributed by atoms with Gasteiger partial charge in [-0.2, -0.15) is 4.98 Å². The van der Waals surface area contributed by atoms with E-state index in [1.165, 1.54) is 7.11 Å². The van der Waals surface area contributed by atoms with Gasteiger partial charge in [0.05, 0.1) is 13.5 Å². The van der Waals surface area contributed by atoms with Gasteiger partial charge in [-0.1, -0.05) is 13.3 Å². The van der Waals surface area contributed by atoms with Gasteiger partial charge in [-0.05, 0) is 13.3 Å². The summed E-state index contributed by atoms with van der Waals surface area (Å²) in [6, 6.07) is 1.55. The van der Waals surface area contributed by atoms with Gasteiger partial charge in [0.15, 0.2) is 0 Å². The first kappa shape index (κ1) is 14.2. The Hall–Kier alpha value is -1.85. The molecule has 0 bridgehead atoms. The molecule has 0 saturated carbocycles. The quantitative estimate of drug-likeness (QED) is 0.771. The number of nitrogens with one attached hydrogen (secondary N) is 1. The van der Waals surface area contributed by atoms with E-state index in [4.69, 9.17) is 9.84 Å². The largest absolute Gasteiger partial charge is 0.481 e. The predicted octanol–water partition coefficient (Wildman–Crippen LogP) is 1.85.